The van der Waals surface area contributed by atoms with E-state index in [4.69, 9.17) is 5.73 Å². The summed E-state index contributed by atoms with van der Waals surface area (Å²) < 4.78 is 113. The van der Waals surface area contributed by atoms with Gasteiger partial charge in [0.1, 0.15) is 21.0 Å². The van der Waals surface area contributed by atoms with Crippen molar-refractivity contribution in [2.24, 2.45) is 26.2 Å². The van der Waals surface area contributed by atoms with E-state index in [1.54, 1.807) is 18.2 Å². The molecule has 8 N–H and O–H groups in total. The SMILES string of the molecule is CNc1nc(F)nc(Nc2ccc(N=Nc3ccc(N=Nc4cc(S(=O)(=O)O)ccc4S(=O)(=O)O)c4c3C=CC(C)(S(=O)(=O)O)C=C4)c(NCN)c2)n1. The minimum atomic E-state index is -4.95. The summed E-state index contributed by atoms with van der Waals surface area (Å²) in [6, 6.07) is 9.56. The van der Waals surface area contributed by atoms with Crippen molar-refractivity contribution >= 4 is 88.5 Å². The van der Waals surface area contributed by atoms with E-state index in [1.165, 1.54) is 44.3 Å². The Morgan fingerprint density at radius 1 is 0.755 bits per heavy atom. The summed E-state index contributed by atoms with van der Waals surface area (Å²) in [4.78, 5) is 9.58. The maximum atomic E-state index is 13.8. The number of hydrogen-bond acceptors (Lipinski definition) is 17. The monoisotopic (exact) mass is 789 g/mol. The fourth-order valence-corrected chi connectivity index (χ4v) is 6.22. The van der Waals surface area contributed by atoms with Crippen molar-refractivity contribution in [1.82, 2.24) is 15.0 Å². The predicted molar refractivity (Wildman–Crippen MR) is 191 cm³/mol. The Morgan fingerprint density at radius 3 is 1.87 bits per heavy atom. The molecule has 24 heteroatoms. The molecule has 0 saturated heterocycles. The van der Waals surface area contributed by atoms with Crippen molar-refractivity contribution in [3.63, 3.8) is 0 Å². The second-order valence-corrected chi connectivity index (χ2v) is 15.6. The number of fused-ring (bicyclic) bond motifs is 1. The Hall–Kier alpha value is -5.63. The zero-order chi connectivity index (χ0) is 38.8. The molecular weight excluding hydrogens is 762 g/mol. The van der Waals surface area contributed by atoms with Gasteiger partial charge in [-0.3, -0.25) is 13.7 Å². The van der Waals surface area contributed by atoms with Crippen LogP contribution in [0, 0.1) is 6.08 Å². The number of nitrogens with one attached hydrogen (secondary N) is 3. The molecule has 0 saturated carbocycles. The normalized spacial score (nSPS) is 16.1. The highest BCUT2D eigenvalue weighted by atomic mass is 32.2. The van der Waals surface area contributed by atoms with Crippen molar-refractivity contribution in [1.29, 1.82) is 0 Å². The van der Waals surface area contributed by atoms with Gasteiger partial charge in [-0.25, -0.2) is 0 Å². The first-order valence-corrected chi connectivity index (χ1v) is 19.0. The number of halogens is 1. The summed E-state index contributed by atoms with van der Waals surface area (Å²) in [5.41, 5.74) is 6.59. The first kappa shape index (κ1) is 38.6. The van der Waals surface area contributed by atoms with Crippen LogP contribution in [0.4, 0.5) is 50.4 Å². The van der Waals surface area contributed by atoms with E-state index in [9.17, 15) is 43.3 Å². The van der Waals surface area contributed by atoms with Crippen LogP contribution in [0.15, 0.2) is 90.9 Å². The number of aromatic nitrogens is 3. The van der Waals surface area contributed by atoms with Crippen LogP contribution in [0.2, 0.25) is 0 Å². The highest BCUT2D eigenvalue weighted by Crippen LogP contribution is 2.40. The van der Waals surface area contributed by atoms with Crippen molar-refractivity contribution in [3.05, 3.63) is 77.9 Å². The molecule has 278 valence electrons. The van der Waals surface area contributed by atoms with Gasteiger partial charge in [-0.15, -0.1) is 20.5 Å². The summed E-state index contributed by atoms with van der Waals surface area (Å²) >= 11 is 0. The predicted octanol–water partition coefficient (Wildman–Crippen LogP) is 5.13. The lowest BCUT2D eigenvalue weighted by molar-refractivity contribution is 0.466. The van der Waals surface area contributed by atoms with Gasteiger partial charge >= 0.3 is 6.08 Å². The first-order valence-electron chi connectivity index (χ1n) is 14.7. The van der Waals surface area contributed by atoms with Gasteiger partial charge in [0.05, 0.1) is 28.6 Å². The largest absolute Gasteiger partial charge is 0.371 e. The Morgan fingerprint density at radius 2 is 1.32 bits per heavy atom. The van der Waals surface area contributed by atoms with Crippen LogP contribution in [-0.4, -0.2) is 72.3 Å². The van der Waals surface area contributed by atoms with Crippen molar-refractivity contribution in [2.75, 3.05) is 29.7 Å². The molecule has 3 aromatic carbocycles. The second-order valence-electron chi connectivity index (χ2n) is 11.0. The van der Waals surface area contributed by atoms with Crippen molar-refractivity contribution in [2.45, 2.75) is 21.5 Å². The van der Waals surface area contributed by atoms with E-state index in [-0.39, 0.29) is 46.8 Å². The van der Waals surface area contributed by atoms with Gasteiger partial charge in [-0.2, -0.15) is 44.6 Å². The number of azo groups is 2. The van der Waals surface area contributed by atoms with E-state index in [2.05, 4.69) is 51.4 Å². The Labute approximate surface area is 301 Å². The zero-order valence-corrected chi connectivity index (χ0v) is 29.7. The molecule has 0 spiro atoms. The summed E-state index contributed by atoms with van der Waals surface area (Å²) in [5, 5.41) is 24.9. The molecular formula is C29H28FN11O9S3. The van der Waals surface area contributed by atoms with E-state index in [1.807, 2.05) is 0 Å². The smallest absolute Gasteiger partial charge is 0.315 e. The lowest BCUT2D eigenvalue weighted by Crippen LogP contribution is -2.29. The Kier molecular flexibility index (Phi) is 10.8. The minimum Gasteiger partial charge on any atom is -0.371 e. The summed E-state index contributed by atoms with van der Waals surface area (Å²) in [6.45, 7) is 1.19. The first-order chi connectivity index (χ1) is 24.8. The van der Waals surface area contributed by atoms with Gasteiger partial charge in [0, 0.05) is 23.9 Å². The molecule has 1 atom stereocenters. The second kappa shape index (κ2) is 14.8. The van der Waals surface area contributed by atoms with Crippen LogP contribution in [0.25, 0.3) is 12.2 Å². The summed E-state index contributed by atoms with van der Waals surface area (Å²) in [6.07, 6.45) is 3.94. The molecule has 0 radical (unpaired) electrons. The van der Waals surface area contributed by atoms with Gasteiger partial charge in [-0.1, -0.05) is 24.3 Å². The molecule has 1 heterocycles. The van der Waals surface area contributed by atoms with E-state index in [0.717, 1.165) is 12.1 Å². The molecule has 0 fully saturated rings. The third kappa shape index (κ3) is 8.88. The summed E-state index contributed by atoms with van der Waals surface area (Å²) in [7, 11) is -13.0. The van der Waals surface area contributed by atoms with Gasteiger partial charge in [0.25, 0.3) is 30.4 Å². The number of hydrogen-bond donors (Lipinski definition) is 7. The van der Waals surface area contributed by atoms with Crippen LogP contribution in [0.1, 0.15) is 18.1 Å². The third-order valence-corrected chi connectivity index (χ3v) is 10.5. The van der Waals surface area contributed by atoms with E-state index in [0.29, 0.717) is 23.5 Å². The van der Waals surface area contributed by atoms with Crippen LogP contribution in [0.5, 0.6) is 0 Å². The molecule has 20 nitrogen and oxygen atoms in total. The Balaban J connectivity index is 1.59. The Bertz CT molecular complexity index is 2570. The molecule has 1 unspecified atom stereocenters. The van der Waals surface area contributed by atoms with Crippen LogP contribution in [0.3, 0.4) is 0 Å². The van der Waals surface area contributed by atoms with Gasteiger partial charge in [-0.05, 0) is 55.5 Å². The van der Waals surface area contributed by atoms with E-state index < -0.39 is 56.7 Å². The lowest BCUT2D eigenvalue weighted by Gasteiger charge is -2.16. The molecule has 53 heavy (non-hydrogen) atoms. The molecule has 1 aliphatic rings. The summed E-state index contributed by atoms with van der Waals surface area (Å²) in [5.74, 6) is -0.0979. The highest BCUT2D eigenvalue weighted by Gasteiger charge is 2.34. The molecule has 1 aromatic heterocycles. The van der Waals surface area contributed by atoms with Gasteiger partial charge in [0.15, 0.2) is 0 Å². The maximum absolute atomic E-state index is 13.8. The number of nitrogens with zero attached hydrogens (tertiary/aromatic N) is 7. The number of nitrogens with two attached hydrogens (primary N) is 1. The fraction of sp³-hybridized carbons (Fsp3) is 0.138. The average Bonchev–Trinajstić information content (AvgIpc) is 3.26. The van der Waals surface area contributed by atoms with Crippen LogP contribution < -0.4 is 21.7 Å². The fourth-order valence-electron chi connectivity index (χ4n) is 4.63. The molecule has 0 bridgehead atoms. The molecule has 1 aliphatic carbocycles. The number of anilines is 4. The highest BCUT2D eigenvalue weighted by molar-refractivity contribution is 7.87. The van der Waals surface area contributed by atoms with Crippen molar-refractivity contribution < 1.29 is 43.3 Å². The molecule has 5 rings (SSSR count). The zero-order valence-electron chi connectivity index (χ0n) is 27.2. The third-order valence-electron chi connectivity index (χ3n) is 7.37. The van der Waals surface area contributed by atoms with Crippen LogP contribution >= 0.6 is 0 Å². The van der Waals surface area contributed by atoms with Gasteiger partial charge < -0.3 is 21.7 Å². The maximum Gasteiger partial charge on any atom is 0.315 e. The van der Waals surface area contributed by atoms with Crippen LogP contribution in [-0.2, 0) is 30.4 Å². The topological polar surface area (TPSA) is 313 Å². The van der Waals surface area contributed by atoms with Gasteiger partial charge in [0.2, 0.25) is 11.9 Å². The van der Waals surface area contributed by atoms with Crippen molar-refractivity contribution in [3.8, 4) is 0 Å². The number of rotatable bonds is 12. The number of benzene rings is 3. The minimum absolute atomic E-state index is 0.00708. The average molecular weight is 790 g/mol. The molecule has 4 aromatic rings. The molecule has 0 aliphatic heterocycles. The standard InChI is InChI=1S/C29H28FN11O9S3/c1-29(53(48,49)50)11-9-18-19(10-12-29)21(39-41-24-14-17(51(42,43)44)4-8-25(24)52(45,46)47)7-6-20(18)38-40-22-5-3-16(13-23(22)33-15-31)34-28-36-26(30)35-27(32-2)37-28/h3-14,33H,15,31H2,1-2H3,(H,42,43,44)(H,45,46,47)(H,48,49,50)(H2,32,34,35,36,37). The lowest BCUT2D eigenvalue weighted by atomic mass is 10.0. The molecule has 0 amide bonds. The van der Waals surface area contributed by atoms with E-state index >= 15 is 0 Å². The quantitative estimate of drug-likeness (QED) is 0.0555.